The van der Waals surface area contributed by atoms with E-state index >= 15 is 0 Å². The minimum absolute atomic E-state index is 0.232. The average Bonchev–Trinajstić information content (AvgIpc) is 1.49. The van der Waals surface area contributed by atoms with Gasteiger partial charge in [0.1, 0.15) is 22.5 Å². The van der Waals surface area contributed by atoms with Crippen molar-refractivity contribution >= 4 is 155 Å². The lowest BCUT2D eigenvalue weighted by atomic mass is 9.66. The number of hydrogen-bond acceptors (Lipinski definition) is 7. The van der Waals surface area contributed by atoms with E-state index in [1.165, 1.54) is 79.7 Å². The molecule has 0 amide bonds. The molecule has 0 saturated heterocycles. The molecule has 3 aliphatic rings. The number of furan rings is 2. The first kappa shape index (κ1) is 69.0. The Kier molecular flexibility index (Phi) is 16.3. The van der Waals surface area contributed by atoms with E-state index in [1.807, 2.05) is 42.2 Å². The number of thiophene rings is 1. The summed E-state index contributed by atoms with van der Waals surface area (Å²) in [7, 11) is 0. The number of benzene rings is 16. The summed E-state index contributed by atoms with van der Waals surface area (Å²) in [5.74, 6) is 3.74. The average molecular weight is 1550 g/mol. The van der Waals surface area contributed by atoms with Gasteiger partial charge < -0.3 is 28.1 Å². The molecule has 0 radical (unpaired) electrons. The Labute approximate surface area is 691 Å². The number of rotatable bonds is 14. The van der Waals surface area contributed by atoms with Crippen molar-refractivity contribution in [2.45, 2.75) is 34.6 Å². The van der Waals surface area contributed by atoms with E-state index < -0.39 is 5.41 Å². The standard InChI is InChI=1S/C110H72N4O2S2/c1-3-31-99-81(4-2)90-68-80(67-86(108(90)115-99)71-34-13-6-14-35-71)111(73-38-17-8-18-39-73)76-52-57-91-87(64-76)88-65-77(113(78-55-60-96-89(66-78)83-44-23-27-48-95(83)114(96)75-42-21-10-22-43-75)97-62-63-103-107(85-46-25-29-50-101(85)117-103)105(97)72-36-15-7-16-37-72)53-58-92(88)110(91)93-47-26-30-51-102(93)118-104-69-79(54-59-94(104)110)112(74-40-19-9-20-41-74)98-61-56-82(70-32-11-5-12-33-70)109-106(98)84-45-24-28-49-100(84)116-109/h2-3,5-64,66-69,77H,65H2,1H3/b31-3-. The van der Waals surface area contributed by atoms with Gasteiger partial charge in [-0.25, -0.2) is 0 Å². The van der Waals surface area contributed by atoms with Gasteiger partial charge in [-0.2, -0.15) is 0 Å². The van der Waals surface area contributed by atoms with Crippen LogP contribution in [0.4, 0.5) is 45.5 Å². The van der Waals surface area contributed by atoms with Gasteiger partial charge in [-0.15, -0.1) is 17.8 Å². The van der Waals surface area contributed by atoms with Crippen LogP contribution in [-0.2, 0) is 5.41 Å². The molecule has 118 heavy (non-hydrogen) atoms. The number of anilines is 8. The van der Waals surface area contributed by atoms with E-state index in [0.717, 1.165) is 123 Å². The molecular weight excluding hydrogens is 1470 g/mol. The lowest BCUT2D eigenvalue weighted by molar-refractivity contribution is 0.604. The molecule has 5 heterocycles. The summed E-state index contributed by atoms with van der Waals surface area (Å²) >= 11 is 3.73. The second-order valence-corrected chi connectivity index (χ2v) is 32.9. The molecular formula is C110H72N4O2S2. The summed E-state index contributed by atoms with van der Waals surface area (Å²) in [6, 6.07) is 136. The minimum Gasteiger partial charge on any atom is -0.455 e. The lowest BCUT2D eigenvalue weighted by Crippen LogP contribution is -2.35. The fourth-order valence-electron chi connectivity index (χ4n) is 19.5. The van der Waals surface area contributed by atoms with E-state index in [2.05, 4.69) is 407 Å². The molecule has 2 aliphatic carbocycles. The molecule has 8 heteroatoms. The van der Waals surface area contributed by atoms with Crippen molar-refractivity contribution in [3.05, 3.63) is 427 Å². The van der Waals surface area contributed by atoms with Crippen LogP contribution >= 0.6 is 23.1 Å². The highest BCUT2D eigenvalue weighted by Crippen LogP contribution is 2.65. The highest BCUT2D eigenvalue weighted by atomic mass is 32.2. The fraction of sp³-hybridized carbons (Fsp3) is 0.0364. The number of hydrogen-bond donors (Lipinski definition) is 0. The molecule has 23 rings (SSSR count). The SMILES string of the molecule is C#Cc1c(/C=C\C)oc2c(-c3ccccc3)cc(N(c3ccccc3)c3ccc4c(c3)C3=C(C=CC(N(c5ccc6c(c5)c5ccccc5n6-c5ccccc5)c5ccc6sc7ccccc7c6c5-c5ccccc5)C3)C43c4ccccc4Sc4cc(N(c5ccccc5)c5ccc(-c6ccccc6)c6oc7ccccc7c56)ccc43)cc12. The van der Waals surface area contributed by atoms with Crippen LogP contribution in [0, 0.1) is 12.3 Å². The van der Waals surface area contributed by atoms with E-state index in [1.54, 1.807) is 0 Å². The molecule has 16 aromatic carbocycles. The monoisotopic (exact) mass is 1540 g/mol. The number of aromatic nitrogens is 1. The molecule has 1 spiro atoms. The highest BCUT2D eigenvalue weighted by Gasteiger charge is 2.53. The lowest BCUT2D eigenvalue weighted by Gasteiger charge is -2.42. The molecule has 0 bridgehead atoms. The van der Waals surface area contributed by atoms with E-state index in [-0.39, 0.29) is 6.04 Å². The summed E-state index contributed by atoms with van der Waals surface area (Å²) in [6.45, 7) is 2.00. The van der Waals surface area contributed by atoms with Crippen LogP contribution in [0.2, 0.25) is 0 Å². The largest absolute Gasteiger partial charge is 0.455 e. The zero-order valence-electron chi connectivity index (χ0n) is 64.3. The van der Waals surface area contributed by atoms with Crippen LogP contribution in [0.25, 0.3) is 126 Å². The van der Waals surface area contributed by atoms with Gasteiger partial charge in [-0.1, -0.05) is 266 Å². The maximum Gasteiger partial charge on any atom is 0.145 e. The Balaban J connectivity index is 0.779. The summed E-state index contributed by atoms with van der Waals surface area (Å²) in [5, 5.41) is 7.87. The summed E-state index contributed by atoms with van der Waals surface area (Å²) in [6.07, 6.45) is 16.3. The van der Waals surface area contributed by atoms with Crippen molar-refractivity contribution in [2.75, 3.05) is 14.7 Å². The summed E-state index contributed by atoms with van der Waals surface area (Å²) in [4.78, 5) is 9.94. The van der Waals surface area contributed by atoms with Gasteiger partial charge in [-0.3, -0.25) is 0 Å². The first-order chi connectivity index (χ1) is 58.4. The number of terminal acetylenes is 1. The third kappa shape index (κ3) is 10.7. The molecule has 2 atom stereocenters. The predicted molar refractivity (Wildman–Crippen MR) is 495 cm³/mol. The zero-order chi connectivity index (χ0) is 78.1. The molecule has 0 saturated carbocycles. The normalized spacial score (nSPS) is 14.8. The molecule has 4 aromatic heterocycles. The Morgan fingerprint density at radius 3 is 1.77 bits per heavy atom. The molecule has 2 unspecified atom stereocenters. The molecule has 556 valence electrons. The van der Waals surface area contributed by atoms with Gasteiger partial charge in [0.2, 0.25) is 0 Å². The fourth-order valence-corrected chi connectivity index (χ4v) is 21.8. The van der Waals surface area contributed by atoms with Crippen LogP contribution in [0.3, 0.4) is 0 Å². The minimum atomic E-state index is -0.811. The summed E-state index contributed by atoms with van der Waals surface area (Å²) < 4.78 is 18.8. The smallest absolute Gasteiger partial charge is 0.145 e. The first-order valence-corrected chi connectivity index (χ1v) is 41.9. The van der Waals surface area contributed by atoms with Crippen LogP contribution in [0.5, 0.6) is 0 Å². The molecule has 1 aliphatic heterocycles. The van der Waals surface area contributed by atoms with Crippen LogP contribution in [0.1, 0.15) is 46.9 Å². The Hall–Kier alpha value is -14.6. The predicted octanol–water partition coefficient (Wildman–Crippen LogP) is 30.5. The number of para-hydroxylation sites is 5. The Bertz CT molecular complexity index is 7600. The Morgan fingerprint density at radius 1 is 0.424 bits per heavy atom. The second-order valence-electron chi connectivity index (χ2n) is 30.7. The zero-order valence-corrected chi connectivity index (χ0v) is 65.9. The van der Waals surface area contributed by atoms with Gasteiger partial charge >= 0.3 is 0 Å². The van der Waals surface area contributed by atoms with Gasteiger partial charge in [0, 0.05) is 108 Å². The van der Waals surface area contributed by atoms with Crippen molar-refractivity contribution < 1.29 is 8.83 Å². The van der Waals surface area contributed by atoms with Crippen molar-refractivity contribution in [3.63, 3.8) is 0 Å². The van der Waals surface area contributed by atoms with Crippen molar-refractivity contribution in [1.82, 2.24) is 4.57 Å². The Morgan fingerprint density at radius 2 is 1.02 bits per heavy atom. The molecule has 0 fully saturated rings. The topological polar surface area (TPSA) is 40.9 Å². The van der Waals surface area contributed by atoms with E-state index in [9.17, 15) is 0 Å². The first-order valence-electron chi connectivity index (χ1n) is 40.3. The van der Waals surface area contributed by atoms with E-state index in [4.69, 9.17) is 15.3 Å². The number of allylic oxidation sites excluding steroid dienone is 3. The quantitative estimate of drug-likeness (QED) is 0.101. The van der Waals surface area contributed by atoms with Gasteiger partial charge in [0.15, 0.2) is 0 Å². The maximum absolute atomic E-state index is 7.02. The van der Waals surface area contributed by atoms with Crippen molar-refractivity contribution in [3.8, 4) is 51.4 Å². The molecule has 20 aromatic rings. The molecule has 6 nitrogen and oxygen atoms in total. The van der Waals surface area contributed by atoms with Crippen LogP contribution < -0.4 is 14.7 Å². The van der Waals surface area contributed by atoms with Crippen molar-refractivity contribution in [2.24, 2.45) is 0 Å². The highest BCUT2D eigenvalue weighted by molar-refractivity contribution is 7.99. The van der Waals surface area contributed by atoms with Crippen LogP contribution in [-0.4, -0.2) is 10.6 Å². The van der Waals surface area contributed by atoms with Gasteiger partial charge in [0.25, 0.3) is 0 Å². The molecule has 0 N–H and O–H groups in total. The van der Waals surface area contributed by atoms with Crippen LogP contribution in [0.15, 0.2) is 412 Å². The third-order valence-corrected chi connectivity index (χ3v) is 26.6. The summed E-state index contributed by atoms with van der Waals surface area (Å²) in [5.41, 5.74) is 27.9. The van der Waals surface area contributed by atoms with Gasteiger partial charge in [0.05, 0.1) is 44.8 Å². The number of nitrogens with zero attached hydrogens (tertiary/aromatic N) is 4. The van der Waals surface area contributed by atoms with Crippen molar-refractivity contribution in [1.29, 1.82) is 0 Å². The van der Waals surface area contributed by atoms with Gasteiger partial charge in [-0.05, 0) is 209 Å². The number of fused-ring (bicyclic) bond motifs is 18. The third-order valence-electron chi connectivity index (χ3n) is 24.3. The second kappa shape index (κ2) is 27.9. The maximum atomic E-state index is 7.02. The van der Waals surface area contributed by atoms with E-state index in [0.29, 0.717) is 17.7 Å².